The van der Waals surface area contributed by atoms with Gasteiger partial charge < -0.3 is 5.32 Å². The molecule has 4 aromatic rings. The summed E-state index contributed by atoms with van der Waals surface area (Å²) in [5.74, 6) is 2.11. The second kappa shape index (κ2) is 7.29. The summed E-state index contributed by atoms with van der Waals surface area (Å²) in [5.41, 5.74) is 4.62. The largest absolute Gasteiger partial charge is 0.340 e. The molecule has 4 rings (SSSR count). The maximum absolute atomic E-state index is 4.60. The van der Waals surface area contributed by atoms with Gasteiger partial charge in [0.05, 0.1) is 0 Å². The summed E-state index contributed by atoms with van der Waals surface area (Å²) >= 11 is 0. The lowest BCUT2D eigenvalue weighted by Crippen LogP contribution is -1.99. The number of nitrogens with one attached hydrogen (secondary N) is 1. The minimum atomic E-state index is 0.649. The van der Waals surface area contributed by atoms with Crippen molar-refractivity contribution in [3.63, 3.8) is 0 Å². The average molecular weight is 354 g/mol. The molecular weight excluding hydrogens is 336 g/mol. The molecule has 0 spiro atoms. The molecule has 1 aromatic carbocycles. The van der Waals surface area contributed by atoms with Gasteiger partial charge in [0, 0.05) is 52.9 Å². The Morgan fingerprint density at radius 2 is 1.56 bits per heavy atom. The van der Waals surface area contributed by atoms with Crippen molar-refractivity contribution in [2.24, 2.45) is 0 Å². The molecule has 0 radical (unpaired) electrons. The fourth-order valence-corrected chi connectivity index (χ4v) is 2.70. The predicted molar refractivity (Wildman–Crippen MR) is 105 cm³/mol. The zero-order chi connectivity index (χ0) is 18.6. The Kier molecular flexibility index (Phi) is 4.53. The van der Waals surface area contributed by atoms with Crippen LogP contribution in [0.3, 0.4) is 0 Å². The Balaban J connectivity index is 1.58. The van der Waals surface area contributed by atoms with E-state index in [0.29, 0.717) is 5.82 Å². The number of nitrogens with zero attached hydrogens (tertiary/aromatic N) is 5. The van der Waals surface area contributed by atoms with Crippen LogP contribution < -0.4 is 5.32 Å². The van der Waals surface area contributed by atoms with Crippen molar-refractivity contribution in [1.29, 1.82) is 0 Å². The van der Waals surface area contributed by atoms with Gasteiger partial charge in [-0.3, -0.25) is 4.98 Å². The number of hydrogen-bond acceptors (Lipinski definition) is 6. The van der Waals surface area contributed by atoms with Gasteiger partial charge in [-0.2, -0.15) is 0 Å². The monoisotopic (exact) mass is 354 g/mol. The van der Waals surface area contributed by atoms with Crippen molar-refractivity contribution in [3.05, 3.63) is 78.5 Å². The zero-order valence-corrected chi connectivity index (χ0v) is 15.1. The highest BCUT2D eigenvalue weighted by Crippen LogP contribution is 2.22. The summed E-state index contributed by atoms with van der Waals surface area (Å²) in [6, 6.07) is 15.6. The maximum Gasteiger partial charge on any atom is 0.163 e. The summed E-state index contributed by atoms with van der Waals surface area (Å²) in [6.07, 6.45) is 5.26. The van der Waals surface area contributed by atoms with Crippen molar-refractivity contribution in [3.8, 4) is 22.8 Å². The smallest absolute Gasteiger partial charge is 0.163 e. The third-order valence-electron chi connectivity index (χ3n) is 3.98. The molecule has 0 bridgehead atoms. The minimum absolute atomic E-state index is 0.649. The summed E-state index contributed by atoms with van der Waals surface area (Å²) in [4.78, 5) is 22.0. The third kappa shape index (κ3) is 3.95. The van der Waals surface area contributed by atoms with E-state index in [2.05, 4.69) is 30.2 Å². The fraction of sp³-hybridized carbons (Fsp3) is 0.0952. The van der Waals surface area contributed by atoms with Gasteiger partial charge in [-0.25, -0.2) is 19.9 Å². The second-order valence-electron chi connectivity index (χ2n) is 6.18. The van der Waals surface area contributed by atoms with Crippen LogP contribution in [-0.2, 0) is 0 Å². The lowest BCUT2D eigenvalue weighted by atomic mass is 10.2. The molecule has 27 heavy (non-hydrogen) atoms. The van der Waals surface area contributed by atoms with Gasteiger partial charge in [-0.1, -0.05) is 0 Å². The van der Waals surface area contributed by atoms with Gasteiger partial charge in [-0.05, 0) is 56.3 Å². The molecule has 0 saturated heterocycles. The highest BCUT2D eigenvalue weighted by Gasteiger charge is 2.06. The van der Waals surface area contributed by atoms with Crippen molar-refractivity contribution < 1.29 is 0 Å². The first kappa shape index (κ1) is 16.8. The summed E-state index contributed by atoms with van der Waals surface area (Å²) in [6.45, 7) is 3.91. The van der Waals surface area contributed by atoms with E-state index >= 15 is 0 Å². The molecule has 0 unspecified atom stereocenters. The first-order valence-corrected chi connectivity index (χ1v) is 8.60. The van der Waals surface area contributed by atoms with Crippen LogP contribution in [-0.4, -0.2) is 24.9 Å². The van der Waals surface area contributed by atoms with E-state index in [1.54, 1.807) is 18.6 Å². The normalized spacial score (nSPS) is 10.6. The van der Waals surface area contributed by atoms with E-state index in [-0.39, 0.29) is 0 Å². The number of aryl methyl sites for hydroxylation is 2. The van der Waals surface area contributed by atoms with E-state index in [4.69, 9.17) is 0 Å². The van der Waals surface area contributed by atoms with Crippen LogP contribution in [0.15, 0.2) is 67.1 Å². The van der Waals surface area contributed by atoms with Crippen LogP contribution in [0.2, 0.25) is 0 Å². The highest BCUT2D eigenvalue weighted by atomic mass is 15.0. The maximum atomic E-state index is 4.60. The number of hydrogen-bond donors (Lipinski definition) is 1. The number of rotatable bonds is 4. The van der Waals surface area contributed by atoms with Crippen LogP contribution in [0.5, 0.6) is 0 Å². The first-order chi connectivity index (χ1) is 13.2. The van der Waals surface area contributed by atoms with Gasteiger partial charge in [0.15, 0.2) is 11.6 Å². The van der Waals surface area contributed by atoms with E-state index in [1.165, 1.54) is 0 Å². The summed E-state index contributed by atoms with van der Waals surface area (Å²) in [5, 5.41) is 3.33. The molecule has 0 aliphatic heterocycles. The molecule has 1 N–H and O–H groups in total. The third-order valence-corrected chi connectivity index (χ3v) is 3.98. The zero-order valence-electron chi connectivity index (χ0n) is 15.1. The lowest BCUT2D eigenvalue weighted by Gasteiger charge is -2.09. The minimum Gasteiger partial charge on any atom is -0.340 e. The molecule has 0 atom stereocenters. The molecule has 6 heteroatoms. The highest BCUT2D eigenvalue weighted by molar-refractivity contribution is 5.65. The van der Waals surface area contributed by atoms with Crippen LogP contribution in [0.1, 0.15) is 11.4 Å². The van der Waals surface area contributed by atoms with Crippen LogP contribution in [0, 0.1) is 13.8 Å². The summed E-state index contributed by atoms with van der Waals surface area (Å²) < 4.78 is 0. The van der Waals surface area contributed by atoms with Crippen molar-refractivity contribution in [2.75, 3.05) is 5.32 Å². The number of anilines is 2. The molecule has 3 heterocycles. The van der Waals surface area contributed by atoms with Gasteiger partial charge in [-0.15, -0.1) is 0 Å². The van der Waals surface area contributed by atoms with Crippen LogP contribution in [0.4, 0.5) is 11.5 Å². The lowest BCUT2D eigenvalue weighted by molar-refractivity contribution is 1.11. The quantitative estimate of drug-likeness (QED) is 0.587. The number of aromatic nitrogens is 5. The van der Waals surface area contributed by atoms with E-state index < -0.39 is 0 Å². The fourth-order valence-electron chi connectivity index (χ4n) is 2.70. The van der Waals surface area contributed by atoms with Gasteiger partial charge >= 0.3 is 0 Å². The average Bonchev–Trinajstić information content (AvgIpc) is 2.69. The Labute approximate surface area is 157 Å². The molecule has 0 aliphatic carbocycles. The Hall–Kier alpha value is -3.67. The van der Waals surface area contributed by atoms with Gasteiger partial charge in [0.1, 0.15) is 5.82 Å². The summed E-state index contributed by atoms with van der Waals surface area (Å²) in [7, 11) is 0. The van der Waals surface area contributed by atoms with Crippen LogP contribution >= 0.6 is 0 Å². The molecule has 6 nitrogen and oxygen atoms in total. The van der Waals surface area contributed by atoms with E-state index in [9.17, 15) is 0 Å². The standard InChI is InChI=1S/C21H18N6/c1-14-9-11-23-20(24-14)16-5-7-18(8-6-16)26-19-12-15(2)25-21(27-19)17-4-3-10-22-13-17/h3-13H,1-2H3,(H,25,26,27). The second-order valence-corrected chi connectivity index (χ2v) is 6.18. The molecule has 132 valence electrons. The van der Waals surface area contributed by atoms with Crippen molar-refractivity contribution in [2.45, 2.75) is 13.8 Å². The van der Waals surface area contributed by atoms with E-state index in [1.807, 2.05) is 62.4 Å². The number of benzene rings is 1. The predicted octanol–water partition coefficient (Wildman–Crippen LogP) is 4.36. The Morgan fingerprint density at radius 3 is 2.30 bits per heavy atom. The van der Waals surface area contributed by atoms with E-state index in [0.717, 1.165) is 39.8 Å². The van der Waals surface area contributed by atoms with Crippen molar-refractivity contribution >= 4 is 11.5 Å². The van der Waals surface area contributed by atoms with Gasteiger partial charge in [0.2, 0.25) is 0 Å². The Bertz CT molecular complexity index is 1060. The molecule has 0 saturated carbocycles. The molecular formula is C21H18N6. The topological polar surface area (TPSA) is 76.5 Å². The molecule has 0 aliphatic rings. The van der Waals surface area contributed by atoms with Gasteiger partial charge in [0.25, 0.3) is 0 Å². The molecule has 3 aromatic heterocycles. The van der Waals surface area contributed by atoms with Crippen LogP contribution in [0.25, 0.3) is 22.8 Å². The molecule has 0 fully saturated rings. The SMILES string of the molecule is Cc1ccnc(-c2ccc(Nc3cc(C)nc(-c4cccnc4)n3)cc2)n1. The van der Waals surface area contributed by atoms with Crippen molar-refractivity contribution in [1.82, 2.24) is 24.9 Å². The molecule has 0 amide bonds. The first-order valence-electron chi connectivity index (χ1n) is 8.60. The number of pyridine rings is 1. The Morgan fingerprint density at radius 1 is 0.741 bits per heavy atom.